The van der Waals surface area contributed by atoms with Gasteiger partial charge in [0.1, 0.15) is 0 Å². The van der Waals surface area contributed by atoms with Crippen LogP contribution in [0.5, 0.6) is 0 Å². The number of nitrogens with zero attached hydrogens (tertiary/aromatic N) is 1. The van der Waals surface area contributed by atoms with Crippen LogP contribution in [0.25, 0.3) is 0 Å². The van der Waals surface area contributed by atoms with Gasteiger partial charge in [0.05, 0.1) is 5.54 Å². The van der Waals surface area contributed by atoms with Gasteiger partial charge in [-0.2, -0.15) is 0 Å². The summed E-state index contributed by atoms with van der Waals surface area (Å²) in [5, 5.41) is 3.48. The van der Waals surface area contributed by atoms with E-state index in [0.29, 0.717) is 0 Å². The van der Waals surface area contributed by atoms with Gasteiger partial charge in [0.15, 0.2) is 0 Å². The summed E-state index contributed by atoms with van der Waals surface area (Å²) in [5.41, 5.74) is 4.08. The summed E-state index contributed by atoms with van der Waals surface area (Å²) in [6, 6.07) is 2.23. The molecule has 0 saturated carbocycles. The fourth-order valence-corrected chi connectivity index (χ4v) is 2.53. The van der Waals surface area contributed by atoms with Crippen molar-refractivity contribution in [3.63, 3.8) is 0 Å². The number of H-pyrrole nitrogens is 1. The Morgan fingerprint density at radius 1 is 1.40 bits per heavy atom. The van der Waals surface area contributed by atoms with Crippen molar-refractivity contribution >= 4 is 0 Å². The molecule has 2 N–H and O–H groups in total. The van der Waals surface area contributed by atoms with Crippen molar-refractivity contribution in [2.75, 3.05) is 26.7 Å². The maximum absolute atomic E-state index is 3.50. The minimum absolute atomic E-state index is 0.108. The molecule has 0 aliphatic carbocycles. The molecular formula is C12H21N3. The van der Waals surface area contributed by atoms with E-state index in [9.17, 15) is 0 Å². The summed E-state index contributed by atoms with van der Waals surface area (Å²) in [6.07, 6.45) is 0. The van der Waals surface area contributed by atoms with Crippen molar-refractivity contribution in [1.29, 1.82) is 0 Å². The first-order chi connectivity index (χ1) is 7.04. The molecule has 1 fully saturated rings. The van der Waals surface area contributed by atoms with Crippen LogP contribution < -0.4 is 5.32 Å². The molecule has 15 heavy (non-hydrogen) atoms. The molecule has 1 atom stereocenters. The lowest BCUT2D eigenvalue weighted by atomic mass is 9.91. The third kappa shape index (κ3) is 1.70. The van der Waals surface area contributed by atoms with E-state index in [-0.39, 0.29) is 5.54 Å². The molecule has 0 aromatic carbocycles. The molecule has 0 bridgehead atoms. The molecule has 1 unspecified atom stereocenters. The van der Waals surface area contributed by atoms with E-state index >= 15 is 0 Å². The van der Waals surface area contributed by atoms with Gasteiger partial charge in [0, 0.05) is 31.0 Å². The third-order valence-corrected chi connectivity index (χ3v) is 3.62. The summed E-state index contributed by atoms with van der Waals surface area (Å²) in [7, 11) is 2.20. The van der Waals surface area contributed by atoms with E-state index in [2.05, 4.69) is 49.1 Å². The molecule has 1 aliphatic heterocycles. The van der Waals surface area contributed by atoms with Crippen LogP contribution in [0.2, 0.25) is 0 Å². The number of nitrogens with one attached hydrogen (secondary N) is 2. The van der Waals surface area contributed by atoms with E-state index in [1.807, 2.05) is 0 Å². The Bertz CT molecular complexity index is 356. The molecule has 1 saturated heterocycles. The summed E-state index contributed by atoms with van der Waals surface area (Å²) in [5.74, 6) is 0. The van der Waals surface area contributed by atoms with Crippen molar-refractivity contribution in [2.45, 2.75) is 26.3 Å². The van der Waals surface area contributed by atoms with Crippen LogP contribution in [0.3, 0.4) is 0 Å². The van der Waals surface area contributed by atoms with Gasteiger partial charge in [-0.15, -0.1) is 0 Å². The lowest BCUT2D eigenvalue weighted by Crippen LogP contribution is -2.56. The maximum Gasteiger partial charge on any atom is 0.0709 e. The Balaban J connectivity index is 2.38. The van der Waals surface area contributed by atoms with E-state index < -0.39 is 0 Å². The summed E-state index contributed by atoms with van der Waals surface area (Å²) in [4.78, 5) is 5.94. The van der Waals surface area contributed by atoms with Gasteiger partial charge >= 0.3 is 0 Å². The average Bonchev–Trinajstić information content (AvgIpc) is 2.51. The Morgan fingerprint density at radius 2 is 2.13 bits per heavy atom. The van der Waals surface area contributed by atoms with Gasteiger partial charge in [-0.25, -0.2) is 0 Å². The summed E-state index contributed by atoms with van der Waals surface area (Å²) in [6.45, 7) is 9.82. The lowest BCUT2D eigenvalue weighted by molar-refractivity contribution is 0.0995. The number of aryl methyl sites for hydroxylation is 2. The van der Waals surface area contributed by atoms with Gasteiger partial charge in [-0.3, -0.25) is 4.90 Å². The predicted octanol–water partition coefficient (Wildman–Crippen LogP) is 1.38. The number of hydrogen-bond donors (Lipinski definition) is 2. The van der Waals surface area contributed by atoms with Crippen molar-refractivity contribution in [1.82, 2.24) is 15.2 Å². The first-order valence-corrected chi connectivity index (χ1v) is 5.63. The highest BCUT2D eigenvalue weighted by Crippen LogP contribution is 2.30. The Labute approximate surface area is 91.9 Å². The molecule has 1 aromatic rings. The Kier molecular flexibility index (Phi) is 2.61. The van der Waals surface area contributed by atoms with Crippen LogP contribution in [-0.4, -0.2) is 36.6 Å². The number of aromatic amines is 1. The molecular weight excluding hydrogens is 186 g/mol. The topological polar surface area (TPSA) is 31.1 Å². The highest BCUT2D eigenvalue weighted by molar-refractivity contribution is 5.30. The number of piperazine rings is 1. The molecule has 3 heteroatoms. The van der Waals surface area contributed by atoms with Crippen molar-refractivity contribution in [3.8, 4) is 0 Å². The number of aromatic nitrogens is 1. The second-order valence-electron chi connectivity index (χ2n) is 4.88. The molecule has 84 valence electrons. The maximum atomic E-state index is 3.50. The van der Waals surface area contributed by atoms with Crippen molar-refractivity contribution < 1.29 is 0 Å². The van der Waals surface area contributed by atoms with Gasteiger partial charge < -0.3 is 10.3 Å². The monoisotopic (exact) mass is 207 g/mol. The SMILES string of the molecule is Cc1cc(C)c(C2(C)CNCCN2C)[nH]1. The van der Waals surface area contributed by atoms with Gasteiger partial charge in [0.25, 0.3) is 0 Å². The lowest BCUT2D eigenvalue weighted by Gasteiger charge is -2.43. The van der Waals surface area contributed by atoms with Gasteiger partial charge in [0.2, 0.25) is 0 Å². The predicted molar refractivity (Wildman–Crippen MR) is 63.1 cm³/mol. The van der Waals surface area contributed by atoms with Gasteiger partial charge in [-0.05, 0) is 39.4 Å². The second kappa shape index (κ2) is 3.65. The van der Waals surface area contributed by atoms with Crippen molar-refractivity contribution in [2.24, 2.45) is 0 Å². The molecule has 1 aromatic heterocycles. The molecule has 0 amide bonds. The first kappa shape index (κ1) is 10.7. The Hall–Kier alpha value is -0.800. The number of rotatable bonds is 1. The smallest absolute Gasteiger partial charge is 0.0709 e. The Morgan fingerprint density at radius 3 is 2.67 bits per heavy atom. The molecule has 1 aliphatic rings. The minimum atomic E-state index is 0.108. The molecule has 0 spiro atoms. The largest absolute Gasteiger partial charge is 0.361 e. The molecule has 2 rings (SSSR count). The average molecular weight is 207 g/mol. The molecule has 0 radical (unpaired) electrons. The van der Waals surface area contributed by atoms with Crippen LogP contribution >= 0.6 is 0 Å². The van der Waals surface area contributed by atoms with E-state index in [4.69, 9.17) is 0 Å². The highest BCUT2D eigenvalue weighted by atomic mass is 15.2. The number of hydrogen-bond acceptors (Lipinski definition) is 2. The van der Waals surface area contributed by atoms with Crippen LogP contribution in [-0.2, 0) is 5.54 Å². The third-order valence-electron chi connectivity index (χ3n) is 3.62. The zero-order valence-electron chi connectivity index (χ0n) is 10.1. The van der Waals surface area contributed by atoms with Crippen LogP contribution in [0.15, 0.2) is 6.07 Å². The van der Waals surface area contributed by atoms with Crippen LogP contribution in [0.4, 0.5) is 0 Å². The minimum Gasteiger partial charge on any atom is -0.361 e. The fourth-order valence-electron chi connectivity index (χ4n) is 2.53. The van der Waals surface area contributed by atoms with Gasteiger partial charge in [-0.1, -0.05) is 0 Å². The fraction of sp³-hybridized carbons (Fsp3) is 0.667. The molecule has 3 nitrogen and oxygen atoms in total. The van der Waals surface area contributed by atoms with E-state index in [0.717, 1.165) is 19.6 Å². The zero-order chi connectivity index (χ0) is 11.1. The standard InChI is InChI=1S/C12H21N3/c1-9-7-10(2)14-11(9)12(3)8-13-5-6-15(12)4/h7,13-14H,5-6,8H2,1-4H3. The normalized spacial score (nSPS) is 28.3. The van der Waals surface area contributed by atoms with Crippen LogP contribution in [0.1, 0.15) is 23.9 Å². The van der Waals surface area contributed by atoms with E-state index in [1.54, 1.807) is 0 Å². The summed E-state index contributed by atoms with van der Waals surface area (Å²) >= 11 is 0. The molecule has 2 heterocycles. The zero-order valence-corrected chi connectivity index (χ0v) is 10.1. The van der Waals surface area contributed by atoms with E-state index in [1.165, 1.54) is 17.0 Å². The van der Waals surface area contributed by atoms with Crippen LogP contribution in [0, 0.1) is 13.8 Å². The number of likely N-dealkylation sites (N-methyl/N-ethyl adjacent to an activating group) is 1. The quantitative estimate of drug-likeness (QED) is 0.729. The highest BCUT2D eigenvalue weighted by Gasteiger charge is 2.35. The van der Waals surface area contributed by atoms with Crippen molar-refractivity contribution in [3.05, 3.63) is 23.0 Å². The first-order valence-electron chi connectivity index (χ1n) is 5.63. The second-order valence-corrected chi connectivity index (χ2v) is 4.88. The summed E-state index contributed by atoms with van der Waals surface area (Å²) < 4.78 is 0.